The zero-order valence-corrected chi connectivity index (χ0v) is 11.5. The van der Waals surface area contributed by atoms with Gasteiger partial charge in [0.1, 0.15) is 5.69 Å². The summed E-state index contributed by atoms with van der Waals surface area (Å²) in [6, 6.07) is 3.65. The van der Waals surface area contributed by atoms with Gasteiger partial charge in [-0.25, -0.2) is 0 Å². The molecule has 1 aliphatic carbocycles. The average Bonchev–Trinajstić information content (AvgIpc) is 2.47. The summed E-state index contributed by atoms with van der Waals surface area (Å²) < 4.78 is 38.6. The van der Waals surface area contributed by atoms with E-state index >= 15 is 0 Å². The van der Waals surface area contributed by atoms with Crippen molar-refractivity contribution < 1.29 is 13.2 Å². The van der Waals surface area contributed by atoms with Gasteiger partial charge < -0.3 is 11.1 Å². The van der Waals surface area contributed by atoms with Gasteiger partial charge in [0.2, 0.25) is 0 Å². The minimum atomic E-state index is -4.59. The van der Waals surface area contributed by atoms with Crippen molar-refractivity contribution in [1.29, 1.82) is 0 Å². The Hall–Kier alpha value is -1.63. The molecule has 0 radical (unpaired) electrons. The van der Waals surface area contributed by atoms with Crippen LogP contribution in [0.2, 0.25) is 0 Å². The number of nitrogens with zero attached hydrogens (tertiary/aromatic N) is 1. The predicted molar refractivity (Wildman–Crippen MR) is 75.3 cm³/mol. The highest BCUT2D eigenvalue weighted by Gasteiger charge is 2.34. The van der Waals surface area contributed by atoms with Gasteiger partial charge >= 0.3 is 6.18 Å². The fourth-order valence-electron chi connectivity index (χ4n) is 2.71. The molecule has 1 aromatic rings. The summed E-state index contributed by atoms with van der Waals surface area (Å²) in [6.45, 7) is 0.657. The van der Waals surface area contributed by atoms with Crippen LogP contribution in [0.4, 0.5) is 24.5 Å². The molecule has 0 amide bonds. The van der Waals surface area contributed by atoms with Crippen LogP contribution in [0.5, 0.6) is 0 Å². The molecule has 0 atom stereocenters. The Balaban J connectivity index is 2.09. The Morgan fingerprint density at radius 1 is 1.24 bits per heavy atom. The molecular formula is C14H18F3N3O. The van der Waals surface area contributed by atoms with E-state index in [4.69, 9.17) is 5.73 Å². The highest BCUT2D eigenvalue weighted by molar-refractivity contribution is 5.58. The minimum Gasteiger partial charge on any atom is -0.382 e. The van der Waals surface area contributed by atoms with Gasteiger partial charge in [-0.05, 0) is 61.5 Å². The van der Waals surface area contributed by atoms with E-state index in [2.05, 4.69) is 10.5 Å². The van der Waals surface area contributed by atoms with Gasteiger partial charge in [0.25, 0.3) is 0 Å². The first-order valence-electron chi connectivity index (χ1n) is 6.95. The molecule has 116 valence electrons. The van der Waals surface area contributed by atoms with E-state index < -0.39 is 17.4 Å². The molecule has 0 unspecified atom stereocenters. The van der Waals surface area contributed by atoms with Crippen molar-refractivity contribution in [3.63, 3.8) is 0 Å². The second kappa shape index (κ2) is 6.43. The quantitative estimate of drug-likeness (QED) is 0.825. The zero-order chi connectivity index (χ0) is 15.5. The fraction of sp³-hybridized carbons (Fsp3) is 0.571. The summed E-state index contributed by atoms with van der Waals surface area (Å²) in [4.78, 5) is 10.5. The Labute approximate surface area is 120 Å². The molecule has 0 spiro atoms. The monoisotopic (exact) mass is 301 g/mol. The SMILES string of the molecule is NCC1CCC(Nc2ccc(N=O)c(C(F)(F)F)c2)CC1. The van der Waals surface area contributed by atoms with Crippen LogP contribution in [-0.2, 0) is 6.18 Å². The molecule has 7 heteroatoms. The molecule has 0 bridgehead atoms. The number of nitrogens with two attached hydrogens (primary N) is 1. The van der Waals surface area contributed by atoms with E-state index in [-0.39, 0.29) is 6.04 Å². The standard InChI is InChI=1S/C14H18F3N3O/c15-14(16,17)12-7-11(5-6-13(12)20-21)19-10-3-1-9(8-18)2-4-10/h5-7,9-10,19H,1-4,8,18H2. The lowest BCUT2D eigenvalue weighted by atomic mass is 9.86. The highest BCUT2D eigenvalue weighted by Crippen LogP contribution is 2.38. The molecular weight excluding hydrogens is 283 g/mol. The smallest absolute Gasteiger partial charge is 0.382 e. The first kappa shape index (κ1) is 15.8. The van der Waals surface area contributed by atoms with Crippen molar-refractivity contribution in [1.82, 2.24) is 0 Å². The van der Waals surface area contributed by atoms with E-state index in [0.29, 0.717) is 18.2 Å². The van der Waals surface area contributed by atoms with Crippen molar-refractivity contribution in [2.45, 2.75) is 37.9 Å². The number of anilines is 1. The van der Waals surface area contributed by atoms with Gasteiger partial charge in [0.15, 0.2) is 0 Å². The van der Waals surface area contributed by atoms with Crippen LogP contribution in [0.1, 0.15) is 31.2 Å². The number of hydrogen-bond donors (Lipinski definition) is 2. The molecule has 0 aromatic heterocycles. The third kappa shape index (κ3) is 3.93. The number of nitrogens with one attached hydrogen (secondary N) is 1. The highest BCUT2D eigenvalue weighted by atomic mass is 19.4. The Kier molecular flexibility index (Phi) is 4.82. The molecule has 3 N–H and O–H groups in total. The van der Waals surface area contributed by atoms with E-state index in [9.17, 15) is 18.1 Å². The number of alkyl halides is 3. The predicted octanol–water partition coefficient (Wildman–Crippen LogP) is 4.03. The van der Waals surface area contributed by atoms with Crippen LogP contribution in [-0.4, -0.2) is 12.6 Å². The fourth-order valence-corrected chi connectivity index (χ4v) is 2.71. The number of benzene rings is 1. The number of halogens is 3. The summed E-state index contributed by atoms with van der Waals surface area (Å²) in [5.74, 6) is 0.510. The van der Waals surface area contributed by atoms with Crippen molar-refractivity contribution in [3.05, 3.63) is 28.7 Å². The Morgan fingerprint density at radius 3 is 2.43 bits per heavy atom. The maximum Gasteiger partial charge on any atom is 0.418 e. The summed E-state index contributed by atoms with van der Waals surface area (Å²) >= 11 is 0. The average molecular weight is 301 g/mol. The molecule has 0 heterocycles. The van der Waals surface area contributed by atoms with Gasteiger partial charge in [0, 0.05) is 11.7 Å². The van der Waals surface area contributed by atoms with Gasteiger partial charge in [-0.1, -0.05) is 0 Å². The summed E-state index contributed by atoms with van der Waals surface area (Å²) in [5, 5.41) is 5.54. The molecule has 21 heavy (non-hydrogen) atoms. The van der Waals surface area contributed by atoms with Gasteiger partial charge in [-0.3, -0.25) is 0 Å². The lowest BCUT2D eigenvalue weighted by molar-refractivity contribution is -0.137. The summed E-state index contributed by atoms with van der Waals surface area (Å²) in [6.07, 6.45) is -0.853. The molecule has 0 aliphatic heterocycles. The third-order valence-corrected chi connectivity index (χ3v) is 3.95. The topological polar surface area (TPSA) is 67.5 Å². The molecule has 1 saturated carbocycles. The number of rotatable bonds is 4. The van der Waals surface area contributed by atoms with Crippen LogP contribution in [0.15, 0.2) is 23.4 Å². The first-order valence-corrected chi connectivity index (χ1v) is 6.95. The minimum absolute atomic E-state index is 0.143. The van der Waals surface area contributed by atoms with Crippen LogP contribution >= 0.6 is 0 Å². The molecule has 4 nitrogen and oxygen atoms in total. The molecule has 2 rings (SSSR count). The van der Waals surface area contributed by atoms with Gasteiger partial charge in [-0.2, -0.15) is 13.2 Å². The van der Waals surface area contributed by atoms with Crippen molar-refractivity contribution in [3.8, 4) is 0 Å². The van der Waals surface area contributed by atoms with E-state index in [0.717, 1.165) is 37.8 Å². The van der Waals surface area contributed by atoms with Crippen LogP contribution in [0, 0.1) is 10.8 Å². The first-order chi connectivity index (χ1) is 9.94. The van der Waals surface area contributed by atoms with Crippen molar-refractivity contribution >= 4 is 11.4 Å². The Bertz CT molecular complexity index is 497. The molecule has 1 fully saturated rings. The largest absolute Gasteiger partial charge is 0.418 e. The van der Waals surface area contributed by atoms with Crippen LogP contribution < -0.4 is 11.1 Å². The second-order valence-corrected chi connectivity index (χ2v) is 5.42. The third-order valence-electron chi connectivity index (χ3n) is 3.95. The van der Waals surface area contributed by atoms with Crippen LogP contribution in [0.25, 0.3) is 0 Å². The van der Waals surface area contributed by atoms with Crippen LogP contribution in [0.3, 0.4) is 0 Å². The Morgan fingerprint density at radius 2 is 1.90 bits per heavy atom. The second-order valence-electron chi connectivity index (χ2n) is 5.42. The van der Waals surface area contributed by atoms with Crippen molar-refractivity contribution in [2.24, 2.45) is 16.8 Å². The lowest BCUT2D eigenvalue weighted by Crippen LogP contribution is -2.29. The zero-order valence-electron chi connectivity index (χ0n) is 11.5. The van der Waals surface area contributed by atoms with E-state index in [1.807, 2.05) is 0 Å². The molecule has 0 saturated heterocycles. The van der Waals surface area contributed by atoms with E-state index in [1.165, 1.54) is 6.07 Å². The normalized spacial score (nSPS) is 22.9. The number of hydrogen-bond acceptors (Lipinski definition) is 4. The summed E-state index contributed by atoms with van der Waals surface area (Å²) in [7, 11) is 0. The number of nitroso groups, excluding NO2 is 1. The maximum absolute atomic E-state index is 12.9. The molecule has 1 aromatic carbocycles. The van der Waals surface area contributed by atoms with Gasteiger partial charge in [0.05, 0.1) is 5.56 Å². The maximum atomic E-state index is 12.9. The molecule has 1 aliphatic rings. The van der Waals surface area contributed by atoms with E-state index in [1.54, 1.807) is 0 Å². The lowest BCUT2D eigenvalue weighted by Gasteiger charge is -2.29. The van der Waals surface area contributed by atoms with Crippen molar-refractivity contribution in [2.75, 3.05) is 11.9 Å². The van der Waals surface area contributed by atoms with Gasteiger partial charge in [-0.15, -0.1) is 4.91 Å². The summed E-state index contributed by atoms with van der Waals surface area (Å²) in [5.41, 5.74) is 4.40.